The van der Waals surface area contributed by atoms with Crippen molar-refractivity contribution in [2.24, 2.45) is 16.5 Å². The molecule has 2 fully saturated rings. The molecule has 0 amide bonds. The molecule has 4 atom stereocenters. The minimum atomic E-state index is 0.132. The summed E-state index contributed by atoms with van der Waals surface area (Å²) in [6.07, 6.45) is 9.74. The van der Waals surface area contributed by atoms with Crippen LogP contribution in [0.5, 0.6) is 0 Å². The summed E-state index contributed by atoms with van der Waals surface area (Å²) in [5, 5.41) is 7.85. The molecule has 4 rings (SSSR count). The van der Waals surface area contributed by atoms with Gasteiger partial charge in [0.2, 0.25) is 0 Å². The first-order valence-electron chi connectivity index (χ1n) is 11.0. The summed E-state index contributed by atoms with van der Waals surface area (Å²) >= 11 is 0. The van der Waals surface area contributed by atoms with Crippen molar-refractivity contribution in [1.29, 1.82) is 0 Å². The van der Waals surface area contributed by atoms with Crippen LogP contribution in [0.3, 0.4) is 0 Å². The summed E-state index contributed by atoms with van der Waals surface area (Å²) in [5.74, 6) is 1.25. The Balaban J connectivity index is 1.59. The number of fused-ring (bicyclic) bond motifs is 3. The first-order chi connectivity index (χ1) is 12.9. The van der Waals surface area contributed by atoms with Crippen molar-refractivity contribution in [1.82, 2.24) is 5.32 Å². The molecule has 0 aromatic heterocycles. The van der Waals surface area contributed by atoms with Gasteiger partial charge in [-0.1, -0.05) is 57.5 Å². The average molecular weight is 369 g/mol. The molecule has 0 bridgehead atoms. The molecule has 148 valence electrons. The number of nitrogens with zero attached hydrogens (tertiary/aromatic N) is 1. The highest BCUT2D eigenvalue weighted by molar-refractivity contribution is 5.66. The van der Waals surface area contributed by atoms with Gasteiger partial charge in [-0.25, -0.2) is 0 Å². The summed E-state index contributed by atoms with van der Waals surface area (Å²) in [6, 6.07) is 7.30. The highest BCUT2D eigenvalue weighted by atomic mass is 16.6. The zero-order valence-electron chi connectivity index (χ0n) is 17.6. The third-order valence-corrected chi connectivity index (χ3v) is 7.66. The van der Waals surface area contributed by atoms with Gasteiger partial charge in [-0.2, -0.15) is 0 Å². The molecule has 3 aliphatic rings. The van der Waals surface area contributed by atoms with Crippen molar-refractivity contribution in [3.63, 3.8) is 0 Å². The third-order valence-electron chi connectivity index (χ3n) is 7.66. The van der Waals surface area contributed by atoms with Gasteiger partial charge in [0.05, 0.1) is 0 Å². The van der Waals surface area contributed by atoms with Gasteiger partial charge in [0.15, 0.2) is 0 Å². The van der Waals surface area contributed by atoms with Crippen LogP contribution in [0.25, 0.3) is 0 Å². The molecule has 1 saturated carbocycles. The molecule has 1 N–H and O–H groups in total. The summed E-state index contributed by atoms with van der Waals surface area (Å²) < 4.78 is 0. The van der Waals surface area contributed by atoms with E-state index in [0.717, 1.165) is 19.5 Å². The Hall–Kier alpha value is -1.35. The molecule has 0 radical (unpaired) electrons. The average Bonchev–Trinajstić information content (AvgIpc) is 3.14. The van der Waals surface area contributed by atoms with Crippen LogP contribution in [0.4, 0.5) is 0 Å². The van der Waals surface area contributed by atoms with Gasteiger partial charge in [-0.15, -0.1) is 0 Å². The van der Waals surface area contributed by atoms with Crippen LogP contribution >= 0.6 is 0 Å². The van der Waals surface area contributed by atoms with E-state index in [9.17, 15) is 0 Å². The number of rotatable bonds is 4. The zero-order chi connectivity index (χ0) is 19.1. The van der Waals surface area contributed by atoms with Crippen LogP contribution in [0.1, 0.15) is 82.4 Å². The van der Waals surface area contributed by atoms with Crippen molar-refractivity contribution in [3.8, 4) is 0 Å². The second-order valence-corrected chi connectivity index (χ2v) is 9.89. The number of hydrogen-bond donors (Lipinski definition) is 1. The van der Waals surface area contributed by atoms with Gasteiger partial charge in [-0.05, 0) is 66.2 Å². The molecule has 3 nitrogen and oxygen atoms in total. The molecule has 1 aromatic carbocycles. The summed E-state index contributed by atoms with van der Waals surface area (Å²) in [6.45, 7) is 11.5. The maximum atomic E-state index is 5.80. The van der Waals surface area contributed by atoms with Gasteiger partial charge >= 0.3 is 0 Å². The highest BCUT2D eigenvalue weighted by Crippen LogP contribution is 2.56. The van der Waals surface area contributed by atoms with Gasteiger partial charge in [0.25, 0.3) is 0 Å². The lowest BCUT2D eigenvalue weighted by molar-refractivity contribution is 0.0566. The molecular formula is C24H36N2O. The molecule has 3 heteroatoms. The monoisotopic (exact) mass is 368 g/mol. The molecule has 1 saturated heterocycles. The quantitative estimate of drug-likeness (QED) is 0.586. The number of oxime groups is 1. The second-order valence-electron chi connectivity index (χ2n) is 9.89. The Morgan fingerprint density at radius 2 is 2.07 bits per heavy atom. The van der Waals surface area contributed by atoms with E-state index in [1.165, 1.54) is 37.7 Å². The van der Waals surface area contributed by atoms with Crippen molar-refractivity contribution in [3.05, 3.63) is 34.9 Å². The lowest BCUT2D eigenvalue weighted by Gasteiger charge is -2.54. The van der Waals surface area contributed by atoms with Gasteiger partial charge in [0.1, 0.15) is 6.10 Å². The van der Waals surface area contributed by atoms with Crippen LogP contribution < -0.4 is 5.32 Å². The van der Waals surface area contributed by atoms with Crippen molar-refractivity contribution >= 4 is 6.21 Å². The predicted molar refractivity (Wildman–Crippen MR) is 113 cm³/mol. The zero-order valence-corrected chi connectivity index (χ0v) is 17.6. The number of aryl methyl sites for hydroxylation is 1. The fraction of sp³-hybridized carbons (Fsp3) is 0.708. The Morgan fingerprint density at radius 3 is 2.81 bits per heavy atom. The van der Waals surface area contributed by atoms with E-state index in [2.05, 4.69) is 62.6 Å². The Bertz CT molecular complexity index is 706. The molecule has 1 heterocycles. The third kappa shape index (κ3) is 3.44. The molecule has 27 heavy (non-hydrogen) atoms. The molecular weight excluding hydrogens is 332 g/mol. The van der Waals surface area contributed by atoms with Gasteiger partial charge in [-0.3, -0.25) is 0 Å². The van der Waals surface area contributed by atoms with E-state index in [1.54, 1.807) is 11.1 Å². The fourth-order valence-corrected chi connectivity index (χ4v) is 6.03. The van der Waals surface area contributed by atoms with Crippen LogP contribution in [-0.4, -0.2) is 25.4 Å². The fourth-order valence-electron chi connectivity index (χ4n) is 6.03. The van der Waals surface area contributed by atoms with Crippen molar-refractivity contribution in [2.75, 3.05) is 13.1 Å². The Morgan fingerprint density at radius 1 is 1.22 bits per heavy atom. The standard InChI is InChI=1S/C24H36N2O/c1-17(2)18-6-8-21-19(14-18)7-9-22-23(3,11-5-12-24(21,22)4)16-26-27-20-10-13-25-15-20/h6,8,14,16-17,20,22,25H,5,7,9-13,15H2,1-4H3/b26-16+/t20-,22-,23-,24+/m0/s1. The van der Waals surface area contributed by atoms with Crippen LogP contribution in [-0.2, 0) is 16.7 Å². The largest absolute Gasteiger partial charge is 0.391 e. The van der Waals surface area contributed by atoms with E-state index in [1.807, 2.05) is 0 Å². The molecule has 2 aliphatic carbocycles. The topological polar surface area (TPSA) is 33.6 Å². The Labute approximate surface area is 164 Å². The summed E-state index contributed by atoms with van der Waals surface area (Å²) in [4.78, 5) is 5.80. The summed E-state index contributed by atoms with van der Waals surface area (Å²) in [7, 11) is 0. The summed E-state index contributed by atoms with van der Waals surface area (Å²) in [5.41, 5.74) is 5.07. The first kappa shape index (κ1) is 19.0. The Kier molecular flexibility index (Phi) is 5.09. The van der Waals surface area contributed by atoms with Crippen molar-refractivity contribution in [2.45, 2.75) is 83.7 Å². The van der Waals surface area contributed by atoms with Crippen LogP contribution in [0, 0.1) is 11.3 Å². The maximum Gasteiger partial charge on any atom is 0.141 e. The molecule has 0 unspecified atom stereocenters. The SMILES string of the molecule is CC(C)c1ccc2c(c1)CC[C@H]1[C@](C)(/C=N/O[C@H]3CCNC3)CCC[C@]21C. The molecule has 1 aromatic rings. The predicted octanol–water partition coefficient (Wildman–Crippen LogP) is 5.18. The maximum absolute atomic E-state index is 5.80. The number of benzene rings is 1. The normalized spacial score (nSPS) is 36.0. The van der Waals surface area contributed by atoms with Crippen LogP contribution in [0.2, 0.25) is 0 Å². The van der Waals surface area contributed by atoms with E-state index < -0.39 is 0 Å². The highest BCUT2D eigenvalue weighted by Gasteiger charge is 2.51. The lowest BCUT2D eigenvalue weighted by atomic mass is 9.50. The van der Waals surface area contributed by atoms with E-state index in [4.69, 9.17) is 4.84 Å². The lowest BCUT2D eigenvalue weighted by Crippen LogP contribution is -2.49. The molecule has 1 aliphatic heterocycles. The number of nitrogens with one attached hydrogen (secondary N) is 1. The second kappa shape index (κ2) is 7.24. The van der Waals surface area contributed by atoms with E-state index >= 15 is 0 Å². The smallest absolute Gasteiger partial charge is 0.141 e. The van der Waals surface area contributed by atoms with Gasteiger partial charge in [0, 0.05) is 24.6 Å². The minimum absolute atomic E-state index is 0.132. The first-order valence-corrected chi connectivity index (χ1v) is 11.0. The van der Waals surface area contributed by atoms with Crippen molar-refractivity contribution < 1.29 is 4.84 Å². The van der Waals surface area contributed by atoms with E-state index in [-0.39, 0.29) is 16.9 Å². The van der Waals surface area contributed by atoms with Crippen LogP contribution in [0.15, 0.2) is 23.4 Å². The van der Waals surface area contributed by atoms with E-state index in [0.29, 0.717) is 11.8 Å². The number of hydrogen-bond acceptors (Lipinski definition) is 3. The molecule has 0 spiro atoms. The minimum Gasteiger partial charge on any atom is -0.391 e. The van der Waals surface area contributed by atoms with Gasteiger partial charge < -0.3 is 10.2 Å².